The summed E-state index contributed by atoms with van der Waals surface area (Å²) in [5.74, 6) is -1.72. The summed E-state index contributed by atoms with van der Waals surface area (Å²) in [4.78, 5) is 4.17. The molecule has 2 aromatic rings. The van der Waals surface area contributed by atoms with Crippen molar-refractivity contribution in [1.29, 1.82) is 0 Å². The van der Waals surface area contributed by atoms with Crippen LogP contribution in [0.15, 0.2) is 23.6 Å². The average molecular weight is 226 g/mol. The van der Waals surface area contributed by atoms with E-state index in [0.29, 0.717) is 17.1 Å². The van der Waals surface area contributed by atoms with Crippen molar-refractivity contribution in [3.8, 4) is 10.6 Å². The lowest BCUT2D eigenvalue weighted by atomic mass is 10.2. The molecule has 2 nitrogen and oxygen atoms in total. The second-order valence-electron chi connectivity index (χ2n) is 2.98. The maximum absolute atomic E-state index is 12.9. The molecule has 0 spiro atoms. The number of hydrogen-bond donors (Lipinski definition) is 1. The fraction of sp³-hybridized carbons (Fsp3) is 0.100. The molecule has 1 aromatic heterocycles. The van der Waals surface area contributed by atoms with Crippen LogP contribution >= 0.6 is 11.3 Å². The first-order chi connectivity index (χ1) is 7.20. The van der Waals surface area contributed by atoms with E-state index >= 15 is 0 Å². The predicted octanol–water partition coefficient (Wildman–Crippen LogP) is 2.55. The van der Waals surface area contributed by atoms with Crippen molar-refractivity contribution >= 4 is 11.3 Å². The number of nitrogens with zero attached hydrogens (tertiary/aromatic N) is 1. The van der Waals surface area contributed by atoms with E-state index in [-0.39, 0.29) is 0 Å². The number of aromatic nitrogens is 1. The molecule has 0 amide bonds. The third kappa shape index (κ3) is 2.03. The molecule has 2 rings (SSSR count). The average Bonchev–Trinajstić information content (AvgIpc) is 2.70. The molecule has 5 heteroatoms. The predicted molar refractivity (Wildman–Crippen MR) is 55.4 cm³/mol. The minimum Gasteiger partial charge on any atom is -0.325 e. The number of halogens is 2. The molecule has 0 aliphatic rings. The molecule has 0 aliphatic heterocycles. The van der Waals surface area contributed by atoms with Crippen LogP contribution in [0.5, 0.6) is 0 Å². The van der Waals surface area contributed by atoms with Crippen LogP contribution in [0.2, 0.25) is 0 Å². The maximum atomic E-state index is 12.9. The molecule has 0 saturated heterocycles. The highest BCUT2D eigenvalue weighted by Crippen LogP contribution is 2.24. The van der Waals surface area contributed by atoms with E-state index in [1.807, 2.05) is 0 Å². The van der Waals surface area contributed by atoms with Crippen molar-refractivity contribution in [2.75, 3.05) is 0 Å². The Hall–Kier alpha value is -1.33. The van der Waals surface area contributed by atoms with Crippen molar-refractivity contribution in [3.05, 3.63) is 40.9 Å². The van der Waals surface area contributed by atoms with Gasteiger partial charge in [0.25, 0.3) is 0 Å². The smallest absolute Gasteiger partial charge is 0.159 e. The van der Waals surface area contributed by atoms with Gasteiger partial charge in [0.1, 0.15) is 5.01 Å². The minimum absolute atomic E-state index is 0.347. The van der Waals surface area contributed by atoms with Crippen molar-refractivity contribution in [3.63, 3.8) is 0 Å². The standard InChI is InChI=1S/C10H8F2N2S/c11-8-2-1-6(3-9(8)12)10-14-7(4-13)5-15-10/h1-3,5H,4,13H2. The fourth-order valence-electron chi connectivity index (χ4n) is 1.16. The Labute approximate surface area is 89.4 Å². The van der Waals surface area contributed by atoms with Crippen LogP contribution in [0.4, 0.5) is 8.78 Å². The van der Waals surface area contributed by atoms with Crippen LogP contribution in [0.1, 0.15) is 5.69 Å². The Kier molecular flexibility index (Phi) is 2.75. The highest BCUT2D eigenvalue weighted by Gasteiger charge is 2.07. The SMILES string of the molecule is NCc1csc(-c2ccc(F)c(F)c2)n1. The van der Waals surface area contributed by atoms with E-state index in [9.17, 15) is 8.78 Å². The van der Waals surface area contributed by atoms with Gasteiger partial charge in [0.2, 0.25) is 0 Å². The van der Waals surface area contributed by atoms with Crippen molar-refractivity contribution in [1.82, 2.24) is 4.98 Å². The molecule has 1 heterocycles. The minimum atomic E-state index is -0.864. The van der Waals surface area contributed by atoms with Gasteiger partial charge in [-0.3, -0.25) is 0 Å². The Bertz CT molecular complexity index is 482. The normalized spacial score (nSPS) is 10.6. The molecule has 0 unspecified atom stereocenters. The van der Waals surface area contributed by atoms with Gasteiger partial charge in [0.15, 0.2) is 11.6 Å². The van der Waals surface area contributed by atoms with Crippen LogP contribution in [0.3, 0.4) is 0 Å². The van der Waals surface area contributed by atoms with E-state index in [2.05, 4.69) is 4.98 Å². The van der Waals surface area contributed by atoms with Crippen LogP contribution in [-0.2, 0) is 6.54 Å². The molecule has 15 heavy (non-hydrogen) atoms. The number of benzene rings is 1. The Morgan fingerprint density at radius 3 is 2.67 bits per heavy atom. The molecule has 2 N–H and O–H groups in total. The summed E-state index contributed by atoms with van der Waals surface area (Å²) in [7, 11) is 0. The van der Waals surface area contributed by atoms with E-state index in [0.717, 1.165) is 17.8 Å². The third-order valence-corrected chi connectivity index (χ3v) is 2.87. The zero-order valence-electron chi connectivity index (χ0n) is 7.71. The number of nitrogens with two attached hydrogens (primary N) is 1. The highest BCUT2D eigenvalue weighted by molar-refractivity contribution is 7.13. The Morgan fingerprint density at radius 2 is 2.07 bits per heavy atom. The summed E-state index contributed by atoms with van der Waals surface area (Å²) in [6, 6.07) is 3.72. The molecule has 0 aliphatic carbocycles. The van der Waals surface area contributed by atoms with Crippen LogP contribution in [0, 0.1) is 11.6 Å². The van der Waals surface area contributed by atoms with E-state index in [4.69, 9.17) is 5.73 Å². The molecule has 0 bridgehead atoms. The number of hydrogen-bond acceptors (Lipinski definition) is 3. The van der Waals surface area contributed by atoms with E-state index in [1.54, 1.807) is 5.38 Å². The highest BCUT2D eigenvalue weighted by atomic mass is 32.1. The van der Waals surface area contributed by atoms with Gasteiger partial charge in [-0.2, -0.15) is 0 Å². The third-order valence-electron chi connectivity index (χ3n) is 1.93. The molecule has 0 fully saturated rings. The van der Waals surface area contributed by atoms with Gasteiger partial charge < -0.3 is 5.73 Å². The molecule has 1 aromatic carbocycles. The fourth-order valence-corrected chi connectivity index (χ4v) is 1.99. The lowest BCUT2D eigenvalue weighted by Gasteiger charge is -1.97. The monoisotopic (exact) mass is 226 g/mol. The van der Waals surface area contributed by atoms with Crippen LogP contribution in [0.25, 0.3) is 10.6 Å². The molecule has 0 atom stereocenters. The lowest BCUT2D eigenvalue weighted by molar-refractivity contribution is 0.509. The zero-order valence-corrected chi connectivity index (χ0v) is 8.52. The van der Waals surface area contributed by atoms with Crippen molar-refractivity contribution < 1.29 is 8.78 Å². The van der Waals surface area contributed by atoms with Gasteiger partial charge in [-0.1, -0.05) is 0 Å². The van der Waals surface area contributed by atoms with Gasteiger partial charge in [-0.15, -0.1) is 11.3 Å². The summed E-state index contributed by atoms with van der Waals surface area (Å²) >= 11 is 1.36. The van der Waals surface area contributed by atoms with Gasteiger partial charge in [0.05, 0.1) is 5.69 Å². The molecular formula is C10H8F2N2S. The molecular weight excluding hydrogens is 218 g/mol. The summed E-state index contributed by atoms with van der Waals surface area (Å²) in [6.45, 7) is 0.347. The molecule has 78 valence electrons. The van der Waals surface area contributed by atoms with Crippen molar-refractivity contribution in [2.24, 2.45) is 5.73 Å². The quantitative estimate of drug-likeness (QED) is 0.854. The van der Waals surface area contributed by atoms with E-state index < -0.39 is 11.6 Å². The van der Waals surface area contributed by atoms with Gasteiger partial charge in [-0.05, 0) is 18.2 Å². The summed E-state index contributed by atoms with van der Waals surface area (Å²) in [5.41, 5.74) is 6.72. The zero-order chi connectivity index (χ0) is 10.8. The van der Waals surface area contributed by atoms with Crippen LogP contribution < -0.4 is 5.73 Å². The summed E-state index contributed by atoms with van der Waals surface area (Å²) in [5, 5.41) is 2.45. The van der Waals surface area contributed by atoms with Crippen LogP contribution in [-0.4, -0.2) is 4.98 Å². The van der Waals surface area contributed by atoms with Crippen molar-refractivity contribution in [2.45, 2.75) is 6.54 Å². The molecule has 0 saturated carbocycles. The maximum Gasteiger partial charge on any atom is 0.159 e. The van der Waals surface area contributed by atoms with Gasteiger partial charge >= 0.3 is 0 Å². The van der Waals surface area contributed by atoms with Gasteiger partial charge in [-0.25, -0.2) is 13.8 Å². The van der Waals surface area contributed by atoms with Gasteiger partial charge in [0, 0.05) is 17.5 Å². The Morgan fingerprint density at radius 1 is 1.27 bits per heavy atom. The first kappa shape index (κ1) is 10.2. The second kappa shape index (κ2) is 4.04. The lowest BCUT2D eigenvalue weighted by Crippen LogP contribution is -1.95. The summed E-state index contributed by atoms with van der Waals surface area (Å²) in [6.07, 6.45) is 0. The largest absolute Gasteiger partial charge is 0.325 e. The second-order valence-corrected chi connectivity index (χ2v) is 3.84. The summed E-state index contributed by atoms with van der Waals surface area (Å²) < 4.78 is 25.6. The molecule has 0 radical (unpaired) electrons. The Balaban J connectivity index is 2.40. The topological polar surface area (TPSA) is 38.9 Å². The van der Waals surface area contributed by atoms with E-state index in [1.165, 1.54) is 17.4 Å². The first-order valence-electron chi connectivity index (χ1n) is 4.30. The first-order valence-corrected chi connectivity index (χ1v) is 5.18. The number of rotatable bonds is 2. The number of thiazole rings is 1.